The minimum atomic E-state index is -3.78. The van der Waals surface area contributed by atoms with E-state index in [-0.39, 0.29) is 12.9 Å². The highest BCUT2D eigenvalue weighted by Gasteiger charge is 2.20. The SMILES string of the molecule is CCCS(=O)(=O)Nc1ccc(F)c(N(N)/C=C(\N)c2cncc(N(C)CCOC)c2)c1F.[HH]. The van der Waals surface area contributed by atoms with Crippen molar-refractivity contribution in [3.05, 3.63) is 54.0 Å². The van der Waals surface area contributed by atoms with Gasteiger partial charge in [0.2, 0.25) is 10.0 Å². The van der Waals surface area contributed by atoms with Gasteiger partial charge < -0.3 is 15.4 Å². The van der Waals surface area contributed by atoms with Crippen LogP contribution >= 0.6 is 0 Å². The number of rotatable bonds is 11. The number of sulfonamides is 1. The molecule has 0 aliphatic rings. The van der Waals surface area contributed by atoms with Crippen molar-refractivity contribution in [1.82, 2.24) is 4.98 Å². The number of hydrogen-bond acceptors (Lipinski definition) is 8. The summed E-state index contributed by atoms with van der Waals surface area (Å²) >= 11 is 0. The summed E-state index contributed by atoms with van der Waals surface area (Å²) in [6, 6.07) is 3.65. The van der Waals surface area contributed by atoms with Gasteiger partial charge in [0.05, 0.1) is 35.6 Å². The van der Waals surface area contributed by atoms with Crippen molar-refractivity contribution in [3.63, 3.8) is 0 Å². The first kappa shape index (κ1) is 25.3. The van der Waals surface area contributed by atoms with Gasteiger partial charge in [-0.2, -0.15) is 0 Å². The smallest absolute Gasteiger partial charge is 0.232 e. The molecular formula is C20H30F2N6O3S. The summed E-state index contributed by atoms with van der Waals surface area (Å²) in [5.41, 5.74) is 6.33. The number of pyridine rings is 1. The van der Waals surface area contributed by atoms with E-state index in [1.807, 2.05) is 11.9 Å². The van der Waals surface area contributed by atoms with Crippen LogP contribution in [0.15, 0.2) is 36.8 Å². The number of ether oxygens (including phenoxy) is 1. The summed E-state index contributed by atoms with van der Waals surface area (Å²) in [7, 11) is -0.332. The average molecular weight is 473 g/mol. The Kier molecular flexibility index (Phi) is 8.75. The molecule has 0 aliphatic heterocycles. The fourth-order valence-electron chi connectivity index (χ4n) is 2.78. The number of halogens is 2. The summed E-state index contributed by atoms with van der Waals surface area (Å²) in [4.78, 5) is 6.04. The van der Waals surface area contributed by atoms with E-state index in [4.69, 9.17) is 16.3 Å². The van der Waals surface area contributed by atoms with Crippen LogP contribution in [-0.4, -0.2) is 46.5 Å². The number of nitrogens with two attached hydrogens (primary N) is 2. The van der Waals surface area contributed by atoms with Crippen molar-refractivity contribution in [2.45, 2.75) is 13.3 Å². The average Bonchev–Trinajstić information content (AvgIpc) is 2.74. The van der Waals surface area contributed by atoms with E-state index in [1.165, 1.54) is 6.20 Å². The molecule has 1 aromatic carbocycles. The Labute approximate surface area is 188 Å². The summed E-state index contributed by atoms with van der Waals surface area (Å²) in [5.74, 6) is 3.50. The predicted octanol–water partition coefficient (Wildman–Crippen LogP) is 2.48. The van der Waals surface area contributed by atoms with Gasteiger partial charge in [-0.15, -0.1) is 0 Å². The van der Waals surface area contributed by atoms with Crippen LogP contribution in [0.1, 0.15) is 20.3 Å². The summed E-state index contributed by atoms with van der Waals surface area (Å²) in [6.07, 6.45) is 4.58. The number of benzene rings is 1. The molecule has 32 heavy (non-hydrogen) atoms. The molecule has 178 valence electrons. The molecule has 2 rings (SSSR count). The molecule has 0 fully saturated rings. The van der Waals surface area contributed by atoms with Crippen molar-refractivity contribution < 1.29 is 23.4 Å². The van der Waals surface area contributed by atoms with E-state index in [0.717, 1.165) is 24.0 Å². The molecule has 0 spiro atoms. The first-order valence-corrected chi connectivity index (χ1v) is 11.4. The number of likely N-dealkylation sites (N-methyl/N-ethyl adjacent to an activating group) is 1. The van der Waals surface area contributed by atoms with Crippen molar-refractivity contribution in [2.75, 3.05) is 47.7 Å². The molecule has 1 aromatic heterocycles. The molecule has 0 amide bonds. The van der Waals surface area contributed by atoms with Gasteiger partial charge in [0, 0.05) is 40.1 Å². The maximum atomic E-state index is 14.9. The monoisotopic (exact) mass is 472 g/mol. The number of nitrogens with zero attached hydrogens (tertiary/aromatic N) is 3. The highest BCUT2D eigenvalue weighted by Crippen LogP contribution is 2.29. The fraction of sp³-hybridized carbons (Fsp3) is 0.350. The molecule has 0 unspecified atom stereocenters. The van der Waals surface area contributed by atoms with Gasteiger partial charge in [-0.3, -0.25) is 14.7 Å². The van der Waals surface area contributed by atoms with Crippen molar-refractivity contribution in [2.24, 2.45) is 11.6 Å². The topological polar surface area (TPSA) is 127 Å². The minimum absolute atomic E-state index is 0. The van der Waals surface area contributed by atoms with E-state index in [0.29, 0.717) is 30.1 Å². The second-order valence-electron chi connectivity index (χ2n) is 7.02. The van der Waals surface area contributed by atoms with Crippen LogP contribution in [0.2, 0.25) is 0 Å². The molecule has 0 saturated heterocycles. The second-order valence-corrected chi connectivity index (χ2v) is 8.86. The van der Waals surface area contributed by atoms with Crippen LogP contribution < -0.4 is 26.2 Å². The molecule has 0 aliphatic carbocycles. The third kappa shape index (κ3) is 6.52. The fourth-order valence-corrected chi connectivity index (χ4v) is 3.92. The molecule has 0 atom stereocenters. The van der Waals surface area contributed by atoms with Crippen LogP contribution in [0.5, 0.6) is 0 Å². The van der Waals surface area contributed by atoms with Crippen molar-refractivity contribution >= 4 is 32.8 Å². The molecule has 0 bridgehead atoms. The second kappa shape index (κ2) is 11.1. The Hall–Kier alpha value is -2.96. The molecule has 12 heteroatoms. The Morgan fingerprint density at radius 3 is 2.72 bits per heavy atom. The zero-order valence-electron chi connectivity index (χ0n) is 18.2. The molecular weight excluding hydrogens is 442 g/mol. The number of aromatic nitrogens is 1. The van der Waals surface area contributed by atoms with Gasteiger partial charge in [0.1, 0.15) is 5.69 Å². The first-order chi connectivity index (χ1) is 15.1. The molecule has 0 saturated carbocycles. The van der Waals surface area contributed by atoms with Gasteiger partial charge in [-0.1, -0.05) is 6.92 Å². The van der Waals surface area contributed by atoms with E-state index < -0.39 is 33.0 Å². The molecule has 9 nitrogen and oxygen atoms in total. The van der Waals surface area contributed by atoms with E-state index in [2.05, 4.69) is 9.71 Å². The van der Waals surface area contributed by atoms with Crippen LogP contribution in [0.25, 0.3) is 5.70 Å². The predicted molar refractivity (Wildman–Crippen MR) is 124 cm³/mol. The standard InChI is InChI=1S/C20H28F2N6O3S.H2/c1-4-9-32(29,30)26-18-6-5-16(21)20(19(18)22)28(24)13-17(23)14-10-15(12-25-11-14)27(2)7-8-31-3;/h5-6,10-13,26H,4,7-9,23-24H2,1-3H3;1H/b17-13-;. The number of nitrogens with one attached hydrogen (secondary N) is 1. The first-order valence-electron chi connectivity index (χ1n) is 9.74. The number of hydrazine groups is 1. The summed E-state index contributed by atoms with van der Waals surface area (Å²) in [6.45, 7) is 2.80. The lowest BCUT2D eigenvalue weighted by molar-refractivity contribution is 0.206. The quantitative estimate of drug-likeness (QED) is 0.336. The van der Waals surface area contributed by atoms with Crippen LogP contribution in [0.3, 0.4) is 0 Å². The molecule has 1 heterocycles. The summed E-state index contributed by atoms with van der Waals surface area (Å²) < 4.78 is 60.4. The normalized spacial score (nSPS) is 12.0. The van der Waals surface area contributed by atoms with Crippen LogP contribution in [-0.2, 0) is 14.8 Å². The Morgan fingerprint density at radius 1 is 1.34 bits per heavy atom. The third-order valence-electron chi connectivity index (χ3n) is 4.47. The number of methoxy groups -OCH3 is 1. The Morgan fingerprint density at radius 2 is 2.06 bits per heavy atom. The van der Waals surface area contributed by atoms with Crippen molar-refractivity contribution in [3.8, 4) is 0 Å². The van der Waals surface area contributed by atoms with E-state index >= 15 is 0 Å². The van der Waals surface area contributed by atoms with Gasteiger partial charge in [-0.25, -0.2) is 23.0 Å². The highest BCUT2D eigenvalue weighted by molar-refractivity contribution is 7.92. The van der Waals surface area contributed by atoms with E-state index in [9.17, 15) is 17.2 Å². The molecule has 2 aromatic rings. The highest BCUT2D eigenvalue weighted by atomic mass is 32.2. The Bertz CT molecular complexity index is 1070. The number of hydrogen-bond donors (Lipinski definition) is 3. The maximum Gasteiger partial charge on any atom is 0.232 e. The van der Waals surface area contributed by atoms with Crippen LogP contribution in [0.4, 0.5) is 25.8 Å². The van der Waals surface area contributed by atoms with Gasteiger partial charge in [-0.05, 0) is 24.6 Å². The largest absolute Gasteiger partial charge is 0.397 e. The van der Waals surface area contributed by atoms with Gasteiger partial charge in [0.15, 0.2) is 11.6 Å². The lowest BCUT2D eigenvalue weighted by atomic mass is 10.2. The van der Waals surface area contributed by atoms with Crippen LogP contribution in [0, 0.1) is 11.6 Å². The molecule has 5 N–H and O–H groups in total. The van der Waals surface area contributed by atoms with Gasteiger partial charge in [0.25, 0.3) is 0 Å². The molecule has 0 radical (unpaired) electrons. The Balaban J connectivity index is 0.00000544. The third-order valence-corrected chi connectivity index (χ3v) is 5.95. The lowest BCUT2D eigenvalue weighted by Crippen LogP contribution is -2.28. The zero-order chi connectivity index (χ0) is 23.9. The van der Waals surface area contributed by atoms with Crippen molar-refractivity contribution in [1.29, 1.82) is 0 Å². The lowest BCUT2D eigenvalue weighted by Gasteiger charge is -2.20. The minimum Gasteiger partial charge on any atom is -0.397 e. The number of anilines is 3. The maximum absolute atomic E-state index is 14.9. The zero-order valence-corrected chi connectivity index (χ0v) is 19.0. The summed E-state index contributed by atoms with van der Waals surface area (Å²) in [5, 5.41) is 0.666. The van der Waals surface area contributed by atoms with E-state index in [1.54, 1.807) is 26.3 Å². The van der Waals surface area contributed by atoms with Gasteiger partial charge >= 0.3 is 0 Å².